The van der Waals surface area contributed by atoms with E-state index in [9.17, 15) is 8.42 Å². The molecule has 0 atom stereocenters. The molecule has 0 spiro atoms. The molecule has 0 bridgehead atoms. The quantitative estimate of drug-likeness (QED) is 0.797. The number of aryl methyl sites for hydroxylation is 1. The van der Waals surface area contributed by atoms with Crippen LogP contribution in [0.4, 0.5) is 0 Å². The molecule has 1 aromatic heterocycles. The van der Waals surface area contributed by atoms with Crippen LogP contribution < -0.4 is 0 Å². The monoisotopic (exact) mass is 256 g/mol. The van der Waals surface area contributed by atoms with E-state index in [0.717, 1.165) is 5.56 Å². The van der Waals surface area contributed by atoms with Crippen LogP contribution in [0.5, 0.6) is 0 Å². The van der Waals surface area contributed by atoms with Crippen molar-refractivity contribution in [2.24, 2.45) is 5.92 Å². The molecule has 0 aliphatic carbocycles. The molecule has 17 heavy (non-hydrogen) atoms. The number of sulfonamides is 1. The van der Waals surface area contributed by atoms with E-state index >= 15 is 0 Å². The summed E-state index contributed by atoms with van der Waals surface area (Å²) in [6.45, 7) is 0.973. The largest absolute Gasteiger partial charge is 0.396 e. The summed E-state index contributed by atoms with van der Waals surface area (Å²) in [5.41, 5.74) is 0.975. The number of aromatic nitrogens is 1. The highest BCUT2D eigenvalue weighted by molar-refractivity contribution is 7.89. The summed E-state index contributed by atoms with van der Waals surface area (Å²) in [4.78, 5) is 3.89. The van der Waals surface area contributed by atoms with Crippen LogP contribution in [0.1, 0.15) is 5.56 Å². The van der Waals surface area contributed by atoms with Crippen LogP contribution in [0.3, 0.4) is 0 Å². The molecule has 0 amide bonds. The van der Waals surface area contributed by atoms with E-state index in [2.05, 4.69) is 4.98 Å². The highest BCUT2D eigenvalue weighted by Gasteiger charge is 2.34. The standard InChI is InChI=1S/C11H16N2O3S/c14-9-11-7-13(8-11)17(15,16)6-3-10-1-4-12-5-2-10/h1-2,4-5,11,14H,3,6-9H2. The van der Waals surface area contributed by atoms with Crippen LogP contribution in [0, 0.1) is 5.92 Å². The molecule has 1 saturated heterocycles. The molecular weight excluding hydrogens is 240 g/mol. The Hall–Kier alpha value is -0.980. The Labute approximate surface area is 101 Å². The summed E-state index contributed by atoms with van der Waals surface area (Å²) in [5.74, 6) is 0.237. The van der Waals surface area contributed by atoms with Crippen LogP contribution in [-0.4, -0.2) is 48.3 Å². The molecule has 0 aromatic carbocycles. The minimum absolute atomic E-state index is 0.0658. The van der Waals surface area contributed by atoms with Gasteiger partial charge in [0.2, 0.25) is 10.0 Å². The van der Waals surface area contributed by atoms with Crippen LogP contribution >= 0.6 is 0 Å². The summed E-state index contributed by atoms with van der Waals surface area (Å²) in [6.07, 6.45) is 3.83. The summed E-state index contributed by atoms with van der Waals surface area (Å²) in [5, 5.41) is 8.85. The predicted molar refractivity (Wildman–Crippen MR) is 63.9 cm³/mol. The maximum Gasteiger partial charge on any atom is 0.214 e. The van der Waals surface area contributed by atoms with Crippen molar-refractivity contribution in [1.29, 1.82) is 0 Å². The van der Waals surface area contributed by atoms with Gasteiger partial charge in [0.15, 0.2) is 0 Å². The molecule has 1 aliphatic rings. The van der Waals surface area contributed by atoms with E-state index in [1.165, 1.54) is 4.31 Å². The molecule has 5 nitrogen and oxygen atoms in total. The van der Waals surface area contributed by atoms with Crippen molar-refractivity contribution in [3.63, 3.8) is 0 Å². The maximum absolute atomic E-state index is 11.9. The zero-order valence-electron chi connectivity index (χ0n) is 9.49. The van der Waals surface area contributed by atoms with E-state index in [4.69, 9.17) is 5.11 Å². The van der Waals surface area contributed by atoms with Crippen molar-refractivity contribution in [3.05, 3.63) is 30.1 Å². The summed E-state index contributed by atoms with van der Waals surface area (Å²) < 4.78 is 25.2. The van der Waals surface area contributed by atoms with Crippen LogP contribution in [0.25, 0.3) is 0 Å². The van der Waals surface area contributed by atoms with Crippen molar-refractivity contribution in [2.75, 3.05) is 25.4 Å². The number of aliphatic hydroxyl groups excluding tert-OH is 1. The summed E-state index contributed by atoms with van der Waals surface area (Å²) >= 11 is 0. The normalized spacial score (nSPS) is 17.9. The van der Waals surface area contributed by atoms with Gasteiger partial charge in [-0.3, -0.25) is 4.98 Å². The fourth-order valence-corrected chi connectivity index (χ4v) is 3.42. The third-order valence-corrected chi connectivity index (χ3v) is 4.78. The predicted octanol–water partition coefficient (Wildman–Crippen LogP) is -0.122. The van der Waals surface area contributed by atoms with Gasteiger partial charge in [0.25, 0.3) is 0 Å². The minimum Gasteiger partial charge on any atom is -0.396 e. The Balaban J connectivity index is 1.87. The molecule has 1 aliphatic heterocycles. The molecule has 0 saturated carbocycles. The van der Waals surface area contributed by atoms with Gasteiger partial charge in [0.05, 0.1) is 5.75 Å². The number of hydrogen-bond donors (Lipinski definition) is 1. The molecule has 6 heteroatoms. The van der Waals surface area contributed by atoms with Gasteiger partial charge in [-0.25, -0.2) is 12.7 Å². The SMILES string of the molecule is O=S(=O)(CCc1ccncc1)N1CC(CO)C1. The van der Waals surface area contributed by atoms with Crippen molar-refractivity contribution >= 4 is 10.0 Å². The van der Waals surface area contributed by atoms with Crippen molar-refractivity contribution in [1.82, 2.24) is 9.29 Å². The van der Waals surface area contributed by atoms with Gasteiger partial charge in [-0.15, -0.1) is 0 Å². The first-order valence-corrected chi connectivity index (χ1v) is 7.20. The van der Waals surface area contributed by atoms with Crippen LogP contribution in [0.15, 0.2) is 24.5 Å². The third kappa shape index (κ3) is 3.02. The van der Waals surface area contributed by atoms with Gasteiger partial charge in [-0.1, -0.05) is 0 Å². The smallest absolute Gasteiger partial charge is 0.214 e. The first-order chi connectivity index (χ1) is 8.12. The van der Waals surface area contributed by atoms with Crippen molar-refractivity contribution in [2.45, 2.75) is 6.42 Å². The van der Waals surface area contributed by atoms with Gasteiger partial charge in [-0.05, 0) is 24.1 Å². The molecule has 1 aromatic rings. The minimum atomic E-state index is -3.16. The van der Waals surface area contributed by atoms with Gasteiger partial charge >= 0.3 is 0 Å². The molecule has 94 valence electrons. The number of nitrogens with zero attached hydrogens (tertiary/aromatic N) is 2. The van der Waals surface area contributed by atoms with E-state index in [1.54, 1.807) is 12.4 Å². The van der Waals surface area contributed by atoms with Gasteiger partial charge in [-0.2, -0.15) is 0 Å². The highest BCUT2D eigenvalue weighted by Crippen LogP contribution is 2.19. The molecule has 2 rings (SSSR count). The molecule has 2 heterocycles. The number of aliphatic hydroxyl groups is 1. The fourth-order valence-electron chi connectivity index (χ4n) is 1.79. The third-order valence-electron chi connectivity index (χ3n) is 2.97. The van der Waals surface area contributed by atoms with Gasteiger partial charge in [0.1, 0.15) is 0 Å². The lowest BCUT2D eigenvalue weighted by Gasteiger charge is -2.36. The van der Waals surface area contributed by atoms with E-state index in [-0.39, 0.29) is 18.3 Å². The summed E-state index contributed by atoms with van der Waals surface area (Å²) in [6, 6.07) is 3.64. The van der Waals surface area contributed by atoms with E-state index in [0.29, 0.717) is 19.5 Å². The Morgan fingerprint density at radius 2 is 2.00 bits per heavy atom. The summed E-state index contributed by atoms with van der Waals surface area (Å²) in [7, 11) is -3.16. The number of rotatable bonds is 5. The maximum atomic E-state index is 11.9. The number of pyridine rings is 1. The second-order valence-electron chi connectivity index (χ2n) is 4.29. The molecule has 1 N–H and O–H groups in total. The average molecular weight is 256 g/mol. The lowest BCUT2D eigenvalue weighted by atomic mass is 10.1. The zero-order valence-corrected chi connectivity index (χ0v) is 10.3. The molecule has 1 fully saturated rings. The lowest BCUT2D eigenvalue weighted by molar-refractivity contribution is 0.117. The molecule has 0 radical (unpaired) electrons. The molecular formula is C11H16N2O3S. The van der Waals surface area contributed by atoms with E-state index < -0.39 is 10.0 Å². The number of hydrogen-bond acceptors (Lipinski definition) is 4. The first kappa shape index (κ1) is 12.5. The zero-order chi connectivity index (χ0) is 12.3. The highest BCUT2D eigenvalue weighted by atomic mass is 32.2. The Bertz CT molecular complexity index is 455. The Morgan fingerprint density at radius 1 is 1.35 bits per heavy atom. The van der Waals surface area contributed by atoms with Crippen LogP contribution in [0.2, 0.25) is 0 Å². The Morgan fingerprint density at radius 3 is 2.59 bits per heavy atom. The van der Waals surface area contributed by atoms with Crippen LogP contribution in [-0.2, 0) is 16.4 Å². The average Bonchev–Trinajstić information content (AvgIpc) is 2.26. The second-order valence-corrected chi connectivity index (χ2v) is 6.38. The van der Waals surface area contributed by atoms with Gasteiger partial charge in [0, 0.05) is 38.0 Å². The van der Waals surface area contributed by atoms with Crippen molar-refractivity contribution < 1.29 is 13.5 Å². The molecule has 0 unspecified atom stereocenters. The van der Waals surface area contributed by atoms with Crippen molar-refractivity contribution in [3.8, 4) is 0 Å². The lowest BCUT2D eigenvalue weighted by Crippen LogP contribution is -2.52. The topological polar surface area (TPSA) is 70.5 Å². The van der Waals surface area contributed by atoms with E-state index in [1.807, 2.05) is 12.1 Å². The van der Waals surface area contributed by atoms with Gasteiger partial charge < -0.3 is 5.11 Å². The fraction of sp³-hybridized carbons (Fsp3) is 0.545. The second kappa shape index (κ2) is 5.12. The Kier molecular flexibility index (Phi) is 3.76. The first-order valence-electron chi connectivity index (χ1n) is 5.59.